The summed E-state index contributed by atoms with van der Waals surface area (Å²) in [5, 5.41) is 4.09. The van der Waals surface area contributed by atoms with Gasteiger partial charge in [0.15, 0.2) is 5.05 Å². The summed E-state index contributed by atoms with van der Waals surface area (Å²) < 4.78 is 5.31. The van der Waals surface area contributed by atoms with Crippen molar-refractivity contribution in [3.05, 3.63) is 33.8 Å². The fraction of sp³-hybridized carbons (Fsp3) is 0.429. The molecule has 0 bridgehead atoms. The van der Waals surface area contributed by atoms with Crippen LogP contribution < -0.4 is 5.32 Å². The lowest BCUT2D eigenvalue weighted by Gasteiger charge is -2.19. The van der Waals surface area contributed by atoms with Crippen LogP contribution in [0.2, 0.25) is 10.0 Å². The monoisotopic (exact) mass is 333 g/mol. The molecule has 110 valence electrons. The first-order valence-electron chi connectivity index (χ1n) is 6.41. The first kappa shape index (κ1) is 17.2. The lowest BCUT2D eigenvalue weighted by molar-refractivity contribution is 0.0941. The van der Waals surface area contributed by atoms with E-state index in [0.717, 1.165) is 12.8 Å². The maximum Gasteiger partial charge on any atom is 0.252 e. The SMILES string of the molecule is CCCC(NC(=O)c1cc(Cl)cc(Cl)c1)C(=S)OCC. The van der Waals surface area contributed by atoms with E-state index < -0.39 is 0 Å². The van der Waals surface area contributed by atoms with Crippen molar-refractivity contribution >= 4 is 46.4 Å². The van der Waals surface area contributed by atoms with Gasteiger partial charge >= 0.3 is 0 Å². The minimum Gasteiger partial charge on any atom is -0.485 e. The van der Waals surface area contributed by atoms with Gasteiger partial charge in [-0.15, -0.1) is 0 Å². The molecular formula is C14H17Cl2NO2S. The molecule has 0 radical (unpaired) electrons. The zero-order valence-corrected chi connectivity index (χ0v) is 13.7. The average molecular weight is 334 g/mol. The van der Waals surface area contributed by atoms with E-state index in [0.29, 0.717) is 27.3 Å². The number of halogens is 2. The lowest BCUT2D eigenvalue weighted by Crippen LogP contribution is -2.41. The Morgan fingerprint density at radius 3 is 2.40 bits per heavy atom. The van der Waals surface area contributed by atoms with Gasteiger partial charge in [-0.3, -0.25) is 4.79 Å². The normalized spacial score (nSPS) is 11.8. The van der Waals surface area contributed by atoms with Crippen LogP contribution in [0.4, 0.5) is 0 Å². The first-order valence-corrected chi connectivity index (χ1v) is 7.58. The Kier molecular flexibility index (Phi) is 7.27. The number of amides is 1. The van der Waals surface area contributed by atoms with Gasteiger partial charge in [-0.25, -0.2) is 0 Å². The molecule has 0 aliphatic carbocycles. The summed E-state index contributed by atoms with van der Waals surface area (Å²) in [5.41, 5.74) is 0.405. The van der Waals surface area contributed by atoms with E-state index in [4.69, 9.17) is 40.2 Å². The van der Waals surface area contributed by atoms with Gasteiger partial charge in [0.1, 0.15) is 0 Å². The molecule has 0 aromatic heterocycles. The molecule has 0 aliphatic heterocycles. The second-order valence-corrected chi connectivity index (χ2v) is 5.50. The largest absolute Gasteiger partial charge is 0.485 e. The van der Waals surface area contributed by atoms with E-state index in [-0.39, 0.29) is 11.9 Å². The molecule has 0 saturated heterocycles. The van der Waals surface area contributed by atoms with Crippen molar-refractivity contribution in [3.8, 4) is 0 Å². The molecular weight excluding hydrogens is 317 g/mol. The molecule has 1 rings (SSSR count). The number of nitrogens with one attached hydrogen (secondary N) is 1. The molecule has 1 unspecified atom stereocenters. The standard InChI is InChI=1S/C14H17Cl2NO2S/c1-3-5-12(14(20)19-4-2)17-13(18)9-6-10(15)8-11(16)7-9/h6-8,12H,3-5H2,1-2H3,(H,17,18). The van der Waals surface area contributed by atoms with Crippen molar-refractivity contribution in [2.24, 2.45) is 0 Å². The quantitative estimate of drug-likeness (QED) is 0.790. The lowest BCUT2D eigenvalue weighted by atomic mass is 10.1. The summed E-state index contributed by atoms with van der Waals surface area (Å²) in [6.07, 6.45) is 1.60. The van der Waals surface area contributed by atoms with Gasteiger partial charge in [0.05, 0.1) is 12.6 Å². The van der Waals surface area contributed by atoms with Crippen LogP contribution in [0.15, 0.2) is 18.2 Å². The van der Waals surface area contributed by atoms with Gasteiger partial charge < -0.3 is 10.1 Å². The number of rotatable bonds is 6. The Labute approximate surface area is 134 Å². The molecule has 0 spiro atoms. The second-order valence-electron chi connectivity index (χ2n) is 4.22. The smallest absolute Gasteiger partial charge is 0.252 e. The third kappa shape index (κ3) is 5.27. The molecule has 0 aliphatic rings. The highest BCUT2D eigenvalue weighted by atomic mass is 35.5. The topological polar surface area (TPSA) is 38.3 Å². The number of benzene rings is 1. The van der Waals surface area contributed by atoms with Crippen LogP contribution in [0.3, 0.4) is 0 Å². The Morgan fingerprint density at radius 2 is 1.90 bits per heavy atom. The molecule has 1 aromatic rings. The summed E-state index contributed by atoms with van der Waals surface area (Å²) in [6, 6.07) is 4.42. The maximum atomic E-state index is 12.2. The van der Waals surface area contributed by atoms with Crippen molar-refractivity contribution < 1.29 is 9.53 Å². The van der Waals surface area contributed by atoms with E-state index in [1.54, 1.807) is 18.2 Å². The van der Waals surface area contributed by atoms with Gasteiger partial charge in [-0.05, 0) is 43.8 Å². The van der Waals surface area contributed by atoms with E-state index in [1.165, 1.54) is 0 Å². The highest BCUT2D eigenvalue weighted by molar-refractivity contribution is 7.80. The van der Waals surface area contributed by atoms with Crippen LogP contribution in [-0.4, -0.2) is 23.6 Å². The Morgan fingerprint density at radius 1 is 1.30 bits per heavy atom. The molecule has 3 nitrogen and oxygen atoms in total. The van der Waals surface area contributed by atoms with Crippen LogP contribution in [-0.2, 0) is 4.74 Å². The van der Waals surface area contributed by atoms with Crippen molar-refractivity contribution in [2.45, 2.75) is 32.7 Å². The van der Waals surface area contributed by atoms with Gasteiger partial charge in [-0.1, -0.05) is 36.5 Å². The predicted octanol–water partition coefficient (Wildman–Crippen LogP) is 4.26. The van der Waals surface area contributed by atoms with Crippen molar-refractivity contribution in [2.75, 3.05) is 6.61 Å². The number of hydrogen-bond acceptors (Lipinski definition) is 3. The van der Waals surface area contributed by atoms with Crippen LogP contribution in [0.1, 0.15) is 37.0 Å². The summed E-state index contributed by atoms with van der Waals surface area (Å²) in [4.78, 5) is 12.2. The molecule has 0 heterocycles. The first-order chi connectivity index (χ1) is 9.47. The van der Waals surface area contributed by atoms with Gasteiger partial charge in [0, 0.05) is 15.6 Å². The molecule has 0 fully saturated rings. The molecule has 20 heavy (non-hydrogen) atoms. The van der Waals surface area contributed by atoms with E-state index in [1.807, 2.05) is 13.8 Å². The molecule has 6 heteroatoms. The number of ether oxygens (including phenoxy) is 1. The van der Waals surface area contributed by atoms with E-state index >= 15 is 0 Å². The molecule has 1 aromatic carbocycles. The zero-order chi connectivity index (χ0) is 15.1. The maximum absolute atomic E-state index is 12.2. The molecule has 0 saturated carbocycles. The van der Waals surface area contributed by atoms with Gasteiger partial charge in [0.25, 0.3) is 5.91 Å². The third-order valence-corrected chi connectivity index (χ3v) is 3.42. The van der Waals surface area contributed by atoms with Crippen molar-refractivity contribution in [1.29, 1.82) is 0 Å². The second kappa shape index (κ2) is 8.45. The average Bonchev–Trinajstić information content (AvgIpc) is 2.37. The zero-order valence-electron chi connectivity index (χ0n) is 11.4. The van der Waals surface area contributed by atoms with Crippen molar-refractivity contribution in [1.82, 2.24) is 5.32 Å². The molecule has 1 amide bonds. The Balaban J connectivity index is 2.82. The highest BCUT2D eigenvalue weighted by Gasteiger charge is 2.19. The van der Waals surface area contributed by atoms with E-state index in [2.05, 4.69) is 5.32 Å². The number of thiocarbonyl (C=S) groups is 1. The summed E-state index contributed by atoms with van der Waals surface area (Å²) >= 11 is 16.9. The summed E-state index contributed by atoms with van der Waals surface area (Å²) in [7, 11) is 0. The minimum atomic E-state index is -0.291. The summed E-state index contributed by atoms with van der Waals surface area (Å²) in [5.74, 6) is -0.269. The van der Waals surface area contributed by atoms with Crippen LogP contribution in [0, 0.1) is 0 Å². The fourth-order valence-corrected chi connectivity index (χ4v) is 2.53. The van der Waals surface area contributed by atoms with Gasteiger partial charge in [0.2, 0.25) is 0 Å². The fourth-order valence-electron chi connectivity index (χ4n) is 1.71. The predicted molar refractivity (Wildman–Crippen MR) is 86.8 cm³/mol. The number of carbonyl (C=O) groups excluding carboxylic acids is 1. The number of carbonyl (C=O) groups is 1. The highest BCUT2D eigenvalue weighted by Crippen LogP contribution is 2.19. The molecule has 1 N–H and O–H groups in total. The third-order valence-electron chi connectivity index (χ3n) is 2.58. The van der Waals surface area contributed by atoms with Crippen LogP contribution >= 0.6 is 35.4 Å². The summed E-state index contributed by atoms with van der Waals surface area (Å²) in [6.45, 7) is 4.36. The van der Waals surface area contributed by atoms with Crippen LogP contribution in [0.5, 0.6) is 0 Å². The van der Waals surface area contributed by atoms with E-state index in [9.17, 15) is 4.79 Å². The van der Waals surface area contributed by atoms with Crippen LogP contribution in [0.25, 0.3) is 0 Å². The minimum absolute atomic E-state index is 0.269. The Bertz CT molecular complexity index is 474. The molecule has 1 atom stereocenters. The van der Waals surface area contributed by atoms with Crippen molar-refractivity contribution in [3.63, 3.8) is 0 Å². The number of hydrogen-bond donors (Lipinski definition) is 1. The van der Waals surface area contributed by atoms with Gasteiger partial charge in [-0.2, -0.15) is 0 Å². The Hall–Kier alpha value is -0.840.